The average molecular weight is 566 g/mol. The summed E-state index contributed by atoms with van der Waals surface area (Å²) in [5, 5.41) is 12.5. The van der Waals surface area contributed by atoms with Gasteiger partial charge in [-0.05, 0) is 31.0 Å². The maximum atomic E-state index is 13.4. The van der Waals surface area contributed by atoms with E-state index in [1.54, 1.807) is 11.0 Å². The average Bonchev–Trinajstić information content (AvgIpc) is 3.20. The number of hydrogen-bond acceptors (Lipinski definition) is 10. The van der Waals surface area contributed by atoms with Gasteiger partial charge >= 0.3 is 6.18 Å². The van der Waals surface area contributed by atoms with Gasteiger partial charge in [0, 0.05) is 37.5 Å². The normalized spacial score (nSPS) is 16.9. The fourth-order valence-corrected chi connectivity index (χ4v) is 7.02. The summed E-state index contributed by atoms with van der Waals surface area (Å²) in [6.07, 6.45) is -0.938. The summed E-state index contributed by atoms with van der Waals surface area (Å²) in [7, 11) is -3.70. The summed E-state index contributed by atoms with van der Waals surface area (Å²) in [6.45, 7) is 2.15. The van der Waals surface area contributed by atoms with Crippen LogP contribution in [0, 0.1) is 11.3 Å². The minimum Gasteiger partial charge on any atom is -0.380 e. The minimum atomic E-state index is -4.64. The minimum absolute atomic E-state index is 0.109. The van der Waals surface area contributed by atoms with Crippen LogP contribution < -0.4 is 10.2 Å². The Morgan fingerprint density at radius 3 is 2.76 bits per heavy atom. The van der Waals surface area contributed by atoms with Crippen molar-refractivity contribution < 1.29 is 26.3 Å². The molecular formula is C23H22F3N7O3S2. The Hall–Kier alpha value is -3.32. The van der Waals surface area contributed by atoms with Gasteiger partial charge in [0.25, 0.3) is 10.0 Å². The molecule has 0 spiro atoms. The fraction of sp³-hybridized carbons (Fsp3) is 0.391. The molecule has 0 atom stereocenters. The molecule has 1 aromatic carbocycles. The molecule has 1 N–H and O–H groups in total. The van der Waals surface area contributed by atoms with Crippen LogP contribution in [0.3, 0.4) is 0 Å². The second kappa shape index (κ2) is 10.4. The maximum absolute atomic E-state index is 13.4. The van der Waals surface area contributed by atoms with Crippen LogP contribution in [0.4, 0.5) is 29.8 Å². The Labute approximate surface area is 220 Å². The number of anilines is 3. The van der Waals surface area contributed by atoms with Crippen molar-refractivity contribution in [3.05, 3.63) is 53.1 Å². The summed E-state index contributed by atoms with van der Waals surface area (Å²) in [6, 6.07) is 5.24. The number of nitrogens with zero attached hydrogens (tertiary/aromatic N) is 6. The smallest absolute Gasteiger partial charge is 0.380 e. The third-order valence-corrected chi connectivity index (χ3v) is 9.53. The Morgan fingerprint density at radius 1 is 1.13 bits per heavy atom. The fourth-order valence-electron chi connectivity index (χ4n) is 4.37. The lowest BCUT2D eigenvalue weighted by atomic mass is 10.0. The highest BCUT2D eigenvalue weighted by Crippen LogP contribution is 2.36. The van der Waals surface area contributed by atoms with E-state index in [0.717, 1.165) is 23.0 Å². The molecule has 200 valence electrons. The van der Waals surface area contributed by atoms with Gasteiger partial charge in [0.05, 0.1) is 42.2 Å². The van der Waals surface area contributed by atoms with Gasteiger partial charge in [-0.2, -0.15) is 22.7 Å². The van der Waals surface area contributed by atoms with Crippen molar-refractivity contribution in [3.8, 4) is 6.07 Å². The Morgan fingerprint density at radius 2 is 1.97 bits per heavy atom. The SMILES string of the molecule is N#Cc1ccc(N2CCc3c(ncnc3Nc3ncc(S(=O)(=O)N4CCCOCC4)s3)C2)cc1C(F)(F)F. The van der Waals surface area contributed by atoms with Crippen LogP contribution >= 0.6 is 11.3 Å². The summed E-state index contributed by atoms with van der Waals surface area (Å²) in [4.78, 5) is 14.6. The largest absolute Gasteiger partial charge is 0.417 e. The predicted octanol–water partition coefficient (Wildman–Crippen LogP) is 3.54. The number of nitrogens with one attached hydrogen (secondary N) is 1. The maximum Gasteiger partial charge on any atom is 0.417 e. The first-order valence-corrected chi connectivity index (χ1v) is 13.9. The zero-order valence-electron chi connectivity index (χ0n) is 19.9. The van der Waals surface area contributed by atoms with Gasteiger partial charge in [-0.15, -0.1) is 0 Å². The first-order chi connectivity index (χ1) is 18.2. The van der Waals surface area contributed by atoms with E-state index in [9.17, 15) is 21.6 Å². The number of benzene rings is 1. The van der Waals surface area contributed by atoms with E-state index in [-0.39, 0.29) is 17.3 Å². The number of sulfonamides is 1. The van der Waals surface area contributed by atoms with Gasteiger partial charge in [0.15, 0.2) is 9.34 Å². The Kier molecular flexibility index (Phi) is 7.23. The van der Waals surface area contributed by atoms with E-state index in [1.807, 2.05) is 0 Å². The van der Waals surface area contributed by atoms with E-state index in [1.165, 1.54) is 29.0 Å². The molecule has 2 aromatic heterocycles. The number of thiazole rings is 1. The molecule has 5 rings (SSSR count). The molecule has 0 aliphatic carbocycles. The lowest BCUT2D eigenvalue weighted by molar-refractivity contribution is -0.137. The number of ether oxygens (including phenoxy) is 1. The number of fused-ring (bicyclic) bond motifs is 1. The lowest BCUT2D eigenvalue weighted by Crippen LogP contribution is -2.32. The van der Waals surface area contributed by atoms with Crippen molar-refractivity contribution in [1.82, 2.24) is 19.3 Å². The molecule has 15 heteroatoms. The van der Waals surface area contributed by atoms with Gasteiger partial charge in [0.2, 0.25) is 0 Å². The van der Waals surface area contributed by atoms with Gasteiger partial charge in [0.1, 0.15) is 12.1 Å². The molecule has 4 heterocycles. The van der Waals surface area contributed by atoms with Crippen molar-refractivity contribution in [2.24, 2.45) is 0 Å². The van der Waals surface area contributed by atoms with Crippen molar-refractivity contribution in [1.29, 1.82) is 5.26 Å². The highest BCUT2D eigenvalue weighted by Gasteiger charge is 2.35. The molecule has 2 aliphatic heterocycles. The zero-order chi connectivity index (χ0) is 26.9. The second-order valence-electron chi connectivity index (χ2n) is 8.64. The molecule has 0 saturated carbocycles. The molecule has 3 aromatic rings. The van der Waals surface area contributed by atoms with E-state index in [0.29, 0.717) is 61.5 Å². The summed E-state index contributed by atoms with van der Waals surface area (Å²) in [5.74, 6) is 0.465. The number of alkyl halides is 3. The Bertz CT molecular complexity index is 1480. The molecule has 2 aliphatic rings. The van der Waals surface area contributed by atoms with E-state index in [2.05, 4.69) is 20.3 Å². The topological polar surface area (TPSA) is 124 Å². The van der Waals surface area contributed by atoms with Crippen molar-refractivity contribution in [2.45, 2.75) is 29.8 Å². The molecule has 10 nitrogen and oxygen atoms in total. The highest BCUT2D eigenvalue weighted by molar-refractivity contribution is 7.91. The molecule has 1 fully saturated rings. The monoisotopic (exact) mass is 565 g/mol. The van der Waals surface area contributed by atoms with Crippen LogP contribution in [0.1, 0.15) is 28.8 Å². The molecule has 0 amide bonds. The van der Waals surface area contributed by atoms with Crippen molar-refractivity contribution >= 4 is 38.0 Å². The second-order valence-corrected chi connectivity index (χ2v) is 11.8. The number of nitriles is 1. The predicted molar refractivity (Wildman–Crippen MR) is 133 cm³/mol. The van der Waals surface area contributed by atoms with E-state index >= 15 is 0 Å². The zero-order valence-corrected chi connectivity index (χ0v) is 21.5. The number of rotatable bonds is 5. The highest BCUT2D eigenvalue weighted by atomic mass is 32.2. The lowest BCUT2D eigenvalue weighted by Gasteiger charge is -2.31. The van der Waals surface area contributed by atoms with Gasteiger partial charge in [-0.25, -0.2) is 23.4 Å². The first-order valence-electron chi connectivity index (χ1n) is 11.7. The number of aromatic nitrogens is 3. The third kappa shape index (κ3) is 5.30. The standard InChI is InChI=1S/C23H22F3N7O3S2/c24-23(25,26)18-10-16(3-2-15(18)11-27)32-6-4-17-19(13-32)29-14-30-21(17)31-22-28-12-20(37-22)38(34,35)33-5-1-8-36-9-7-33/h2-3,10,12,14H,1,4-9,13H2,(H,28,29,30,31). The van der Waals surface area contributed by atoms with E-state index in [4.69, 9.17) is 10.00 Å². The van der Waals surface area contributed by atoms with Gasteiger partial charge in [-0.1, -0.05) is 11.3 Å². The van der Waals surface area contributed by atoms with E-state index < -0.39 is 27.3 Å². The van der Waals surface area contributed by atoms with Crippen LogP contribution in [0.15, 0.2) is 34.9 Å². The molecule has 0 unspecified atom stereocenters. The summed E-state index contributed by atoms with van der Waals surface area (Å²) >= 11 is 0.994. The van der Waals surface area contributed by atoms with Gasteiger partial charge < -0.3 is 15.0 Å². The molecule has 38 heavy (non-hydrogen) atoms. The summed E-state index contributed by atoms with van der Waals surface area (Å²) in [5.41, 5.74) is 0.333. The molecule has 0 radical (unpaired) electrons. The van der Waals surface area contributed by atoms with Crippen LogP contribution in [0.25, 0.3) is 0 Å². The van der Waals surface area contributed by atoms with Crippen molar-refractivity contribution in [2.75, 3.05) is 43.1 Å². The molecular weight excluding hydrogens is 543 g/mol. The Balaban J connectivity index is 1.34. The first kappa shape index (κ1) is 26.3. The van der Waals surface area contributed by atoms with Crippen LogP contribution in [-0.2, 0) is 33.9 Å². The molecule has 1 saturated heterocycles. The molecule has 0 bridgehead atoms. The van der Waals surface area contributed by atoms with Crippen LogP contribution in [0.2, 0.25) is 0 Å². The number of halogens is 3. The van der Waals surface area contributed by atoms with Crippen LogP contribution in [-0.4, -0.2) is 60.5 Å². The van der Waals surface area contributed by atoms with Crippen molar-refractivity contribution in [3.63, 3.8) is 0 Å². The third-order valence-electron chi connectivity index (χ3n) is 6.29. The summed E-state index contributed by atoms with van der Waals surface area (Å²) < 4.78 is 73.2. The number of hydrogen-bond donors (Lipinski definition) is 1. The van der Waals surface area contributed by atoms with Crippen LogP contribution in [0.5, 0.6) is 0 Å². The van der Waals surface area contributed by atoms with Gasteiger partial charge in [-0.3, -0.25) is 0 Å². The quantitative estimate of drug-likeness (QED) is 0.495.